The summed E-state index contributed by atoms with van der Waals surface area (Å²) < 4.78 is 53.1. The molecule has 0 fully saturated rings. The van der Waals surface area contributed by atoms with Crippen LogP contribution in [0.4, 0.5) is 18.9 Å². The van der Waals surface area contributed by atoms with Crippen LogP contribution in [0.25, 0.3) is 0 Å². The third-order valence-corrected chi connectivity index (χ3v) is 2.45. The summed E-state index contributed by atoms with van der Waals surface area (Å²) >= 11 is 0. The molecule has 108 valence electrons. The van der Waals surface area contributed by atoms with Crippen molar-refractivity contribution in [2.45, 2.75) is 18.9 Å². The van der Waals surface area contributed by atoms with E-state index in [1.165, 1.54) is 20.3 Å². The van der Waals surface area contributed by atoms with Gasteiger partial charge in [0.05, 0.1) is 12.2 Å². The van der Waals surface area contributed by atoms with E-state index in [1.807, 2.05) is 0 Å². The molecule has 0 aliphatic carbocycles. The average molecular weight is 279 g/mol. The minimum atomic E-state index is -4.48. The van der Waals surface area contributed by atoms with Crippen LogP contribution in [0, 0.1) is 0 Å². The zero-order valence-electron chi connectivity index (χ0n) is 10.7. The first-order chi connectivity index (χ1) is 8.88. The van der Waals surface area contributed by atoms with E-state index in [9.17, 15) is 13.2 Å². The van der Waals surface area contributed by atoms with Crippen molar-refractivity contribution >= 4 is 5.69 Å². The fraction of sp³-hybridized carbons (Fsp3) is 0.500. The van der Waals surface area contributed by atoms with E-state index >= 15 is 0 Å². The van der Waals surface area contributed by atoms with Gasteiger partial charge in [0, 0.05) is 32.4 Å². The summed E-state index contributed by atoms with van der Waals surface area (Å²) in [6, 6.07) is 3.23. The predicted molar refractivity (Wildman–Crippen MR) is 63.8 cm³/mol. The molecular formula is C12H16F3NO3. The van der Waals surface area contributed by atoms with Gasteiger partial charge in [-0.3, -0.25) is 0 Å². The van der Waals surface area contributed by atoms with Crippen molar-refractivity contribution in [2.24, 2.45) is 0 Å². The summed E-state index contributed by atoms with van der Waals surface area (Å²) in [5, 5.41) is 0. The van der Waals surface area contributed by atoms with Gasteiger partial charge in [-0.15, -0.1) is 0 Å². The molecule has 1 rings (SSSR count). The number of nitrogens with two attached hydrogens (primary N) is 1. The van der Waals surface area contributed by atoms with Crippen LogP contribution < -0.4 is 10.5 Å². The Morgan fingerprint density at radius 2 is 1.84 bits per heavy atom. The summed E-state index contributed by atoms with van der Waals surface area (Å²) in [4.78, 5) is 0. The zero-order valence-corrected chi connectivity index (χ0v) is 10.7. The number of anilines is 1. The SMILES string of the molecule is COC(CCOc1cc(N)ccc1C(F)(F)F)OC. The lowest BCUT2D eigenvalue weighted by Gasteiger charge is -2.17. The second-order valence-electron chi connectivity index (χ2n) is 3.79. The van der Waals surface area contributed by atoms with Crippen molar-refractivity contribution < 1.29 is 27.4 Å². The molecule has 0 spiro atoms. The summed E-state index contributed by atoms with van der Waals surface area (Å²) in [7, 11) is 2.88. The lowest BCUT2D eigenvalue weighted by atomic mass is 10.1. The minimum Gasteiger partial charge on any atom is -0.493 e. The quantitative estimate of drug-likeness (QED) is 0.642. The molecule has 0 bridgehead atoms. The average Bonchev–Trinajstić information content (AvgIpc) is 2.33. The van der Waals surface area contributed by atoms with E-state index in [4.69, 9.17) is 19.9 Å². The molecule has 1 aromatic rings. The Kier molecular flexibility index (Phi) is 5.44. The third kappa shape index (κ3) is 4.60. The topological polar surface area (TPSA) is 53.7 Å². The molecule has 0 saturated carbocycles. The summed E-state index contributed by atoms with van der Waals surface area (Å²) in [6.07, 6.45) is -4.69. The first-order valence-electron chi connectivity index (χ1n) is 5.53. The number of hydrogen-bond acceptors (Lipinski definition) is 4. The molecule has 7 heteroatoms. The molecule has 0 amide bonds. The highest BCUT2D eigenvalue weighted by molar-refractivity contribution is 5.49. The highest BCUT2D eigenvalue weighted by Gasteiger charge is 2.34. The number of halogens is 3. The minimum absolute atomic E-state index is 0.0267. The first-order valence-corrected chi connectivity index (χ1v) is 5.53. The van der Waals surface area contributed by atoms with E-state index in [-0.39, 0.29) is 18.0 Å². The van der Waals surface area contributed by atoms with Gasteiger partial charge >= 0.3 is 6.18 Å². The van der Waals surface area contributed by atoms with Crippen LogP contribution >= 0.6 is 0 Å². The molecule has 0 aliphatic heterocycles. The number of ether oxygens (including phenoxy) is 3. The molecule has 0 saturated heterocycles. The van der Waals surface area contributed by atoms with Crippen molar-refractivity contribution in [2.75, 3.05) is 26.6 Å². The Labute approximate surface area is 109 Å². The number of nitrogen functional groups attached to an aromatic ring is 1. The van der Waals surface area contributed by atoms with Crippen molar-refractivity contribution in [1.82, 2.24) is 0 Å². The molecule has 0 heterocycles. The highest BCUT2D eigenvalue weighted by Crippen LogP contribution is 2.37. The van der Waals surface area contributed by atoms with Gasteiger partial charge in [-0.25, -0.2) is 0 Å². The molecule has 0 atom stereocenters. The first kappa shape index (κ1) is 15.6. The smallest absolute Gasteiger partial charge is 0.419 e. The van der Waals surface area contributed by atoms with Gasteiger partial charge in [-0.05, 0) is 12.1 Å². The maximum absolute atomic E-state index is 12.7. The number of rotatable bonds is 6. The Morgan fingerprint density at radius 1 is 1.21 bits per heavy atom. The van der Waals surface area contributed by atoms with Gasteiger partial charge in [0.25, 0.3) is 0 Å². The highest BCUT2D eigenvalue weighted by atomic mass is 19.4. The Bertz CT molecular complexity index is 406. The second kappa shape index (κ2) is 6.63. The predicted octanol–water partition coefficient (Wildman–Crippen LogP) is 2.68. The van der Waals surface area contributed by atoms with Crippen LogP contribution in [0.3, 0.4) is 0 Å². The molecule has 0 unspecified atom stereocenters. The third-order valence-electron chi connectivity index (χ3n) is 2.45. The second-order valence-corrected chi connectivity index (χ2v) is 3.79. The zero-order chi connectivity index (χ0) is 14.5. The maximum atomic E-state index is 12.7. The normalized spacial score (nSPS) is 11.9. The van der Waals surface area contributed by atoms with Gasteiger partial charge in [-0.2, -0.15) is 13.2 Å². The van der Waals surface area contributed by atoms with Crippen molar-refractivity contribution in [3.05, 3.63) is 23.8 Å². The van der Waals surface area contributed by atoms with Gasteiger partial charge in [0.1, 0.15) is 5.75 Å². The molecule has 0 radical (unpaired) electrons. The molecule has 19 heavy (non-hydrogen) atoms. The Morgan fingerprint density at radius 3 is 2.37 bits per heavy atom. The van der Waals surface area contributed by atoms with Gasteiger partial charge in [0.15, 0.2) is 6.29 Å². The van der Waals surface area contributed by atoms with Crippen molar-refractivity contribution in [1.29, 1.82) is 0 Å². The summed E-state index contributed by atoms with van der Waals surface area (Å²) in [5.41, 5.74) is 4.81. The van der Waals surface area contributed by atoms with Crippen LogP contribution in [-0.2, 0) is 15.7 Å². The fourth-order valence-electron chi connectivity index (χ4n) is 1.49. The van der Waals surface area contributed by atoms with Crippen molar-refractivity contribution in [3.63, 3.8) is 0 Å². The summed E-state index contributed by atoms with van der Waals surface area (Å²) in [6.45, 7) is 0.0267. The van der Waals surface area contributed by atoms with Crippen LogP contribution in [0.1, 0.15) is 12.0 Å². The lowest BCUT2D eigenvalue weighted by molar-refractivity contribution is -0.139. The van der Waals surface area contributed by atoms with Crippen LogP contribution in [-0.4, -0.2) is 27.1 Å². The van der Waals surface area contributed by atoms with E-state index in [1.54, 1.807) is 0 Å². The van der Waals surface area contributed by atoms with Crippen LogP contribution in [0.5, 0.6) is 5.75 Å². The Hall–Kier alpha value is -1.47. The van der Waals surface area contributed by atoms with Crippen LogP contribution in [0.15, 0.2) is 18.2 Å². The fourth-order valence-corrected chi connectivity index (χ4v) is 1.49. The van der Waals surface area contributed by atoms with Gasteiger partial charge in [0.2, 0.25) is 0 Å². The molecule has 4 nitrogen and oxygen atoms in total. The molecule has 0 aliphatic rings. The number of methoxy groups -OCH3 is 2. The monoisotopic (exact) mass is 279 g/mol. The maximum Gasteiger partial charge on any atom is 0.419 e. The van der Waals surface area contributed by atoms with E-state index in [0.29, 0.717) is 6.42 Å². The number of hydrogen-bond donors (Lipinski definition) is 1. The standard InChI is InChI=1S/C12H16F3NO3/c1-17-11(18-2)5-6-19-10-7-8(16)3-4-9(10)12(13,14)15/h3-4,7,11H,5-6,16H2,1-2H3. The molecule has 1 aromatic carbocycles. The van der Waals surface area contributed by atoms with Crippen molar-refractivity contribution in [3.8, 4) is 5.75 Å². The van der Waals surface area contributed by atoms with Crippen LogP contribution in [0.2, 0.25) is 0 Å². The van der Waals surface area contributed by atoms with E-state index in [2.05, 4.69) is 0 Å². The van der Waals surface area contributed by atoms with Gasteiger partial charge in [-0.1, -0.05) is 0 Å². The molecular weight excluding hydrogens is 263 g/mol. The number of benzene rings is 1. The van der Waals surface area contributed by atoms with E-state index < -0.39 is 18.0 Å². The van der Waals surface area contributed by atoms with Gasteiger partial charge < -0.3 is 19.9 Å². The van der Waals surface area contributed by atoms with E-state index in [0.717, 1.165) is 12.1 Å². The lowest BCUT2D eigenvalue weighted by Crippen LogP contribution is -2.17. The molecule has 0 aromatic heterocycles. The Balaban J connectivity index is 2.74. The summed E-state index contributed by atoms with van der Waals surface area (Å²) in [5.74, 6) is -0.293. The number of alkyl halides is 3. The molecule has 2 N–H and O–H groups in total. The largest absolute Gasteiger partial charge is 0.493 e.